The van der Waals surface area contributed by atoms with E-state index < -0.39 is 58.9 Å². The number of likely N-dealkylation sites (tertiary alicyclic amines) is 1. The number of halogens is 3. The van der Waals surface area contributed by atoms with Crippen molar-refractivity contribution in [2.45, 2.75) is 95.6 Å². The predicted octanol–water partition coefficient (Wildman–Crippen LogP) is 1.90. The fraction of sp³-hybridized carbons (Fsp3) is 0.769. The monoisotopic (exact) mass is 552 g/mol. The lowest BCUT2D eigenvalue weighted by atomic mass is 9.95. The lowest BCUT2D eigenvalue weighted by Crippen LogP contribution is -2.57. The Labute approximate surface area is 225 Å². The number of nitriles is 1. The number of amidine groups is 1. The Morgan fingerprint density at radius 1 is 1.18 bits per heavy atom. The lowest BCUT2D eigenvalue weighted by Gasteiger charge is -2.34. The summed E-state index contributed by atoms with van der Waals surface area (Å²) in [5.41, 5.74) is -1.78. The van der Waals surface area contributed by atoms with Crippen LogP contribution in [0.2, 0.25) is 0 Å². The summed E-state index contributed by atoms with van der Waals surface area (Å²) in [7, 11) is 1.35. The Morgan fingerprint density at radius 3 is 2.26 bits per heavy atom. The zero-order chi connectivity index (χ0) is 28.9. The van der Waals surface area contributed by atoms with E-state index in [1.807, 2.05) is 26.1 Å². The summed E-state index contributed by atoms with van der Waals surface area (Å²) in [6, 6.07) is -1.37. The first-order valence-electron chi connectivity index (χ1n) is 13.3. The standard InChI is InChI=1S/C26H35F3N6O4/c1-24(2,3)21-32-22(38)25(33-21)11-16(12-30)35(13-25)20(37)18(10-15-7-8-15)34(4)19(36)17(9-14-5-6-14)31-23(39)26(27,28)29/h14-18H,5-11,13H2,1-4H3,(H,31,39)(H,32,33,38). The number of hydrogen-bond acceptors (Lipinski definition) is 6. The molecule has 2 saturated carbocycles. The molecule has 0 aromatic carbocycles. The molecule has 1 spiro atoms. The van der Waals surface area contributed by atoms with E-state index in [2.05, 4.69) is 16.4 Å². The minimum atomic E-state index is -5.15. The molecular weight excluding hydrogens is 517 g/mol. The summed E-state index contributed by atoms with van der Waals surface area (Å²) in [6.45, 7) is 5.50. The van der Waals surface area contributed by atoms with Crippen LogP contribution in [0.4, 0.5) is 13.2 Å². The summed E-state index contributed by atoms with van der Waals surface area (Å²) in [5, 5.41) is 14.5. The zero-order valence-electron chi connectivity index (χ0n) is 22.6. The van der Waals surface area contributed by atoms with Gasteiger partial charge in [-0.1, -0.05) is 46.5 Å². The van der Waals surface area contributed by atoms with E-state index in [0.717, 1.165) is 30.6 Å². The van der Waals surface area contributed by atoms with Gasteiger partial charge in [-0.3, -0.25) is 24.2 Å². The highest BCUT2D eigenvalue weighted by Crippen LogP contribution is 2.39. The molecule has 0 aromatic heterocycles. The van der Waals surface area contributed by atoms with Crippen LogP contribution in [0.1, 0.15) is 65.7 Å². The van der Waals surface area contributed by atoms with Crippen molar-refractivity contribution in [2.24, 2.45) is 22.2 Å². The summed E-state index contributed by atoms with van der Waals surface area (Å²) < 4.78 is 39.0. The maximum absolute atomic E-state index is 13.9. The minimum Gasteiger partial charge on any atom is -0.336 e. The summed E-state index contributed by atoms with van der Waals surface area (Å²) >= 11 is 0. The van der Waals surface area contributed by atoms with Gasteiger partial charge in [0.15, 0.2) is 5.54 Å². The number of nitrogens with zero attached hydrogens (tertiary/aromatic N) is 4. The normalized spacial score (nSPS) is 26.5. The average Bonchev–Trinajstić information content (AvgIpc) is 3.77. The lowest BCUT2D eigenvalue weighted by molar-refractivity contribution is -0.175. The molecule has 4 rings (SSSR count). The van der Waals surface area contributed by atoms with Crippen molar-refractivity contribution < 1.29 is 32.3 Å². The van der Waals surface area contributed by atoms with Gasteiger partial charge < -0.3 is 20.4 Å². The maximum Gasteiger partial charge on any atom is 0.471 e. The summed E-state index contributed by atoms with van der Waals surface area (Å²) in [4.78, 5) is 59.1. The van der Waals surface area contributed by atoms with E-state index in [4.69, 9.17) is 0 Å². The summed E-state index contributed by atoms with van der Waals surface area (Å²) in [5.74, 6) is -3.30. The van der Waals surface area contributed by atoms with E-state index in [9.17, 15) is 37.6 Å². The smallest absolute Gasteiger partial charge is 0.336 e. The molecule has 0 aromatic rings. The van der Waals surface area contributed by atoms with Crippen LogP contribution >= 0.6 is 0 Å². The van der Waals surface area contributed by atoms with Crippen LogP contribution in [0, 0.1) is 28.6 Å². The third-order valence-electron chi connectivity index (χ3n) is 7.94. The zero-order valence-corrected chi connectivity index (χ0v) is 22.6. The molecule has 0 radical (unpaired) electrons. The number of nitrogens with one attached hydrogen (secondary N) is 2. The molecule has 39 heavy (non-hydrogen) atoms. The molecule has 4 unspecified atom stereocenters. The van der Waals surface area contributed by atoms with Gasteiger partial charge in [0.1, 0.15) is 24.0 Å². The third-order valence-corrected chi connectivity index (χ3v) is 7.94. The van der Waals surface area contributed by atoms with E-state index >= 15 is 0 Å². The molecule has 214 valence electrons. The predicted molar refractivity (Wildman–Crippen MR) is 133 cm³/mol. The second-order valence-corrected chi connectivity index (χ2v) is 12.4. The first-order chi connectivity index (χ1) is 18.1. The third kappa shape index (κ3) is 6.20. The van der Waals surface area contributed by atoms with Crippen LogP contribution in [0.15, 0.2) is 4.99 Å². The van der Waals surface area contributed by atoms with E-state index in [-0.39, 0.29) is 37.6 Å². The van der Waals surface area contributed by atoms with Crippen molar-refractivity contribution in [3.63, 3.8) is 0 Å². The number of amides is 4. The Bertz CT molecular complexity index is 1120. The van der Waals surface area contributed by atoms with Crippen molar-refractivity contribution >= 4 is 29.5 Å². The highest BCUT2D eigenvalue weighted by Gasteiger charge is 2.56. The minimum absolute atomic E-state index is 0.000404. The molecule has 10 nitrogen and oxygen atoms in total. The molecule has 4 amide bonds. The van der Waals surface area contributed by atoms with E-state index in [1.54, 1.807) is 0 Å². The number of carbonyl (C=O) groups excluding carboxylic acids is 4. The van der Waals surface area contributed by atoms with Gasteiger partial charge in [0.2, 0.25) is 11.8 Å². The molecule has 3 fully saturated rings. The largest absolute Gasteiger partial charge is 0.471 e. The fourth-order valence-corrected chi connectivity index (χ4v) is 5.18. The number of alkyl halides is 3. The van der Waals surface area contributed by atoms with Crippen molar-refractivity contribution in [1.29, 1.82) is 5.26 Å². The van der Waals surface area contributed by atoms with Crippen LogP contribution in [-0.2, 0) is 19.2 Å². The van der Waals surface area contributed by atoms with Crippen molar-refractivity contribution in [2.75, 3.05) is 13.6 Å². The molecule has 4 atom stereocenters. The highest BCUT2D eigenvalue weighted by molar-refractivity contribution is 6.10. The Balaban J connectivity index is 1.57. The first kappa shape index (κ1) is 28.8. The number of rotatable bonds is 8. The van der Waals surface area contributed by atoms with Gasteiger partial charge in [-0.2, -0.15) is 18.4 Å². The number of aliphatic imine (C=N–C) groups is 1. The molecule has 2 aliphatic carbocycles. The molecule has 2 N–H and O–H groups in total. The maximum atomic E-state index is 13.9. The van der Waals surface area contributed by atoms with Gasteiger partial charge in [0, 0.05) is 18.9 Å². The molecule has 2 aliphatic heterocycles. The SMILES string of the molecule is CN(C(=O)C(CC1CC1)NC(=O)C(F)(F)F)C(CC1CC1)C(=O)N1CC2(CC1C#N)N=C(C(C)(C)C)NC2=O. The van der Waals surface area contributed by atoms with Crippen LogP contribution in [0.5, 0.6) is 0 Å². The molecule has 0 bridgehead atoms. The Kier molecular flexibility index (Phi) is 7.46. The first-order valence-corrected chi connectivity index (χ1v) is 13.3. The van der Waals surface area contributed by atoms with Gasteiger partial charge in [-0.15, -0.1) is 0 Å². The van der Waals surface area contributed by atoms with Gasteiger partial charge >= 0.3 is 12.1 Å². The number of likely N-dealkylation sites (N-methyl/N-ethyl adjacent to an activating group) is 1. The quantitative estimate of drug-likeness (QED) is 0.474. The fourth-order valence-electron chi connectivity index (χ4n) is 5.18. The molecule has 13 heteroatoms. The number of carbonyl (C=O) groups is 4. The van der Waals surface area contributed by atoms with Crippen LogP contribution in [0.25, 0.3) is 0 Å². The topological polar surface area (TPSA) is 135 Å². The van der Waals surface area contributed by atoms with E-state index in [0.29, 0.717) is 5.84 Å². The van der Waals surface area contributed by atoms with Crippen LogP contribution < -0.4 is 10.6 Å². The van der Waals surface area contributed by atoms with Gasteiger partial charge in [0.05, 0.1) is 12.6 Å². The molecule has 4 aliphatic rings. The second kappa shape index (κ2) is 10.1. The Hall–Kier alpha value is -3.17. The molecular formula is C26H35F3N6O4. The second-order valence-electron chi connectivity index (χ2n) is 12.4. The van der Waals surface area contributed by atoms with Crippen LogP contribution in [0.3, 0.4) is 0 Å². The summed E-state index contributed by atoms with van der Waals surface area (Å²) in [6.07, 6.45) is -1.65. The average molecular weight is 553 g/mol. The van der Waals surface area contributed by atoms with Gasteiger partial charge in [0.25, 0.3) is 5.91 Å². The van der Waals surface area contributed by atoms with Gasteiger partial charge in [-0.25, -0.2) is 0 Å². The van der Waals surface area contributed by atoms with Crippen LogP contribution in [-0.4, -0.2) is 82.7 Å². The Morgan fingerprint density at radius 2 is 1.77 bits per heavy atom. The number of hydrogen-bond donors (Lipinski definition) is 2. The van der Waals surface area contributed by atoms with Gasteiger partial charge in [-0.05, 0) is 24.7 Å². The van der Waals surface area contributed by atoms with Crippen molar-refractivity contribution in [3.05, 3.63) is 0 Å². The highest BCUT2D eigenvalue weighted by atomic mass is 19.4. The van der Waals surface area contributed by atoms with Crippen molar-refractivity contribution in [3.8, 4) is 6.07 Å². The molecule has 1 saturated heterocycles. The van der Waals surface area contributed by atoms with Crippen molar-refractivity contribution in [1.82, 2.24) is 20.4 Å². The van der Waals surface area contributed by atoms with E-state index in [1.165, 1.54) is 11.9 Å². The molecule has 2 heterocycles.